The van der Waals surface area contributed by atoms with Gasteiger partial charge in [0.25, 0.3) is 0 Å². The first-order valence-electron chi connectivity index (χ1n) is 6.32. The summed E-state index contributed by atoms with van der Waals surface area (Å²) in [5.41, 5.74) is 1.12. The van der Waals surface area contributed by atoms with Crippen molar-refractivity contribution in [1.29, 1.82) is 0 Å². The van der Waals surface area contributed by atoms with Crippen LogP contribution >= 0.6 is 0 Å². The molecule has 0 saturated heterocycles. The lowest BCUT2D eigenvalue weighted by Crippen LogP contribution is -2.33. The number of hydrogen-bond acceptors (Lipinski definition) is 2. The molecule has 1 aromatic carbocycles. The lowest BCUT2D eigenvalue weighted by Gasteiger charge is -2.30. The van der Waals surface area contributed by atoms with E-state index in [0.717, 1.165) is 5.69 Å². The fraction of sp³-hybridized carbons (Fsp3) is 0.571. The Bertz CT molecular complexity index is 293. The van der Waals surface area contributed by atoms with Gasteiger partial charge in [-0.1, -0.05) is 37.5 Å². The molecule has 0 aliphatic heterocycles. The van der Waals surface area contributed by atoms with Gasteiger partial charge in [0, 0.05) is 5.69 Å². The van der Waals surface area contributed by atoms with Crippen molar-refractivity contribution in [3.63, 3.8) is 0 Å². The molecule has 1 saturated carbocycles. The van der Waals surface area contributed by atoms with E-state index in [4.69, 9.17) is 0 Å². The Labute approximate surface area is 97.7 Å². The van der Waals surface area contributed by atoms with Gasteiger partial charge in [0.2, 0.25) is 0 Å². The molecule has 88 valence electrons. The molecule has 1 unspecified atom stereocenters. The molecule has 1 atom stereocenters. The van der Waals surface area contributed by atoms with Crippen LogP contribution in [0.1, 0.15) is 32.1 Å². The Balaban J connectivity index is 1.94. The van der Waals surface area contributed by atoms with Crippen LogP contribution in [0.4, 0.5) is 5.69 Å². The molecule has 0 amide bonds. The molecular weight excluding hydrogens is 198 g/mol. The smallest absolute Gasteiger partial charge is 0.0635 e. The largest absolute Gasteiger partial charge is 0.394 e. The minimum absolute atomic E-state index is 0.225. The lowest BCUT2D eigenvalue weighted by atomic mass is 9.84. The fourth-order valence-electron chi connectivity index (χ4n) is 2.60. The van der Waals surface area contributed by atoms with E-state index >= 15 is 0 Å². The summed E-state index contributed by atoms with van der Waals surface area (Å²) < 4.78 is 0. The maximum Gasteiger partial charge on any atom is 0.0635 e. The number of nitrogens with one attached hydrogen (secondary N) is 1. The summed E-state index contributed by atoms with van der Waals surface area (Å²) in [5.74, 6) is 0.638. The van der Waals surface area contributed by atoms with Crippen molar-refractivity contribution in [2.45, 2.75) is 38.1 Å². The molecule has 2 N–H and O–H groups in total. The van der Waals surface area contributed by atoms with Crippen molar-refractivity contribution < 1.29 is 5.11 Å². The van der Waals surface area contributed by atoms with E-state index in [-0.39, 0.29) is 12.6 Å². The average Bonchev–Trinajstić information content (AvgIpc) is 2.38. The predicted molar refractivity (Wildman–Crippen MR) is 67.5 cm³/mol. The van der Waals surface area contributed by atoms with E-state index in [2.05, 4.69) is 17.4 Å². The van der Waals surface area contributed by atoms with Crippen LogP contribution in [0.3, 0.4) is 0 Å². The molecule has 0 bridgehead atoms. The van der Waals surface area contributed by atoms with Gasteiger partial charge in [0.1, 0.15) is 0 Å². The zero-order valence-corrected chi connectivity index (χ0v) is 9.73. The third-order valence-electron chi connectivity index (χ3n) is 3.54. The highest BCUT2D eigenvalue weighted by Gasteiger charge is 2.22. The molecule has 1 aliphatic rings. The number of aliphatic hydroxyl groups is 1. The summed E-state index contributed by atoms with van der Waals surface area (Å²) in [6.45, 7) is 0.236. The Morgan fingerprint density at radius 2 is 1.81 bits per heavy atom. The summed E-state index contributed by atoms with van der Waals surface area (Å²) in [4.78, 5) is 0. The number of rotatable bonds is 4. The highest BCUT2D eigenvalue weighted by molar-refractivity contribution is 5.43. The van der Waals surface area contributed by atoms with Crippen molar-refractivity contribution in [3.05, 3.63) is 30.3 Å². The molecule has 16 heavy (non-hydrogen) atoms. The summed E-state index contributed by atoms with van der Waals surface area (Å²) in [5, 5.41) is 12.9. The topological polar surface area (TPSA) is 32.3 Å². The van der Waals surface area contributed by atoms with Gasteiger partial charge in [-0.2, -0.15) is 0 Å². The minimum atomic E-state index is 0.225. The molecule has 0 heterocycles. The normalized spacial score (nSPS) is 19.3. The van der Waals surface area contributed by atoms with Crippen LogP contribution < -0.4 is 5.32 Å². The molecule has 1 fully saturated rings. The van der Waals surface area contributed by atoms with Crippen molar-refractivity contribution in [1.82, 2.24) is 0 Å². The fourth-order valence-corrected chi connectivity index (χ4v) is 2.60. The molecule has 0 aromatic heterocycles. The quantitative estimate of drug-likeness (QED) is 0.815. The molecule has 0 spiro atoms. The van der Waals surface area contributed by atoms with Crippen LogP contribution in [0.5, 0.6) is 0 Å². The summed E-state index contributed by atoms with van der Waals surface area (Å²) >= 11 is 0. The molecule has 2 nitrogen and oxygen atoms in total. The predicted octanol–water partition coefficient (Wildman–Crippen LogP) is 3.04. The maximum atomic E-state index is 9.48. The van der Waals surface area contributed by atoms with Crippen LogP contribution in [0, 0.1) is 5.92 Å². The van der Waals surface area contributed by atoms with Gasteiger partial charge in [0.15, 0.2) is 0 Å². The second kappa shape index (κ2) is 5.90. The van der Waals surface area contributed by atoms with Crippen molar-refractivity contribution in [2.75, 3.05) is 11.9 Å². The van der Waals surface area contributed by atoms with Gasteiger partial charge in [-0.3, -0.25) is 0 Å². The molecule has 2 heteroatoms. The first-order valence-corrected chi connectivity index (χ1v) is 6.32. The third-order valence-corrected chi connectivity index (χ3v) is 3.54. The number of anilines is 1. The van der Waals surface area contributed by atoms with Crippen molar-refractivity contribution in [3.8, 4) is 0 Å². The van der Waals surface area contributed by atoms with E-state index in [1.807, 2.05) is 18.2 Å². The molecule has 1 aliphatic carbocycles. The highest BCUT2D eigenvalue weighted by Crippen LogP contribution is 2.27. The monoisotopic (exact) mass is 219 g/mol. The molecule has 1 aromatic rings. The molecule has 0 radical (unpaired) electrons. The molecule has 2 rings (SSSR count). The Morgan fingerprint density at radius 3 is 2.44 bits per heavy atom. The standard InChI is InChI=1S/C14H21NO/c16-11-14(12-7-3-1-4-8-12)15-13-9-5-2-6-10-13/h2,5-6,9-10,12,14-16H,1,3-4,7-8,11H2. The van der Waals surface area contributed by atoms with Crippen LogP contribution in [0.25, 0.3) is 0 Å². The number of hydrogen-bond donors (Lipinski definition) is 2. The number of benzene rings is 1. The van der Waals surface area contributed by atoms with Gasteiger partial charge in [-0.05, 0) is 30.9 Å². The summed E-state index contributed by atoms with van der Waals surface area (Å²) in [7, 11) is 0. The Hall–Kier alpha value is -1.02. The first-order chi connectivity index (χ1) is 7.90. The highest BCUT2D eigenvalue weighted by atomic mass is 16.3. The van der Waals surface area contributed by atoms with Crippen LogP contribution in [0.15, 0.2) is 30.3 Å². The van der Waals surface area contributed by atoms with Gasteiger partial charge < -0.3 is 10.4 Å². The lowest BCUT2D eigenvalue weighted by molar-refractivity contribution is 0.209. The second-order valence-electron chi connectivity index (χ2n) is 4.70. The maximum absolute atomic E-state index is 9.48. The molecular formula is C14H21NO. The van der Waals surface area contributed by atoms with E-state index in [0.29, 0.717) is 5.92 Å². The number of aliphatic hydroxyl groups excluding tert-OH is 1. The van der Waals surface area contributed by atoms with E-state index in [1.165, 1.54) is 32.1 Å². The average molecular weight is 219 g/mol. The van der Waals surface area contributed by atoms with Crippen LogP contribution in [-0.4, -0.2) is 17.8 Å². The van der Waals surface area contributed by atoms with Gasteiger partial charge >= 0.3 is 0 Å². The van der Waals surface area contributed by atoms with Crippen molar-refractivity contribution >= 4 is 5.69 Å². The van der Waals surface area contributed by atoms with Crippen LogP contribution in [0.2, 0.25) is 0 Å². The third kappa shape index (κ3) is 2.99. The van der Waals surface area contributed by atoms with Gasteiger partial charge in [0.05, 0.1) is 12.6 Å². The minimum Gasteiger partial charge on any atom is -0.394 e. The zero-order valence-electron chi connectivity index (χ0n) is 9.73. The second-order valence-corrected chi connectivity index (χ2v) is 4.70. The van der Waals surface area contributed by atoms with E-state index < -0.39 is 0 Å². The summed E-state index contributed by atoms with van der Waals surface area (Å²) in [6, 6.07) is 10.4. The van der Waals surface area contributed by atoms with Gasteiger partial charge in [-0.15, -0.1) is 0 Å². The Morgan fingerprint density at radius 1 is 1.12 bits per heavy atom. The van der Waals surface area contributed by atoms with E-state index in [9.17, 15) is 5.11 Å². The first kappa shape index (κ1) is 11.5. The Kier molecular flexibility index (Phi) is 4.23. The SMILES string of the molecule is OCC(Nc1ccccc1)C1CCCCC1. The van der Waals surface area contributed by atoms with Crippen LogP contribution in [-0.2, 0) is 0 Å². The van der Waals surface area contributed by atoms with E-state index in [1.54, 1.807) is 0 Å². The summed E-state index contributed by atoms with van der Waals surface area (Å²) in [6.07, 6.45) is 6.51. The zero-order chi connectivity index (χ0) is 11.2. The van der Waals surface area contributed by atoms with Crippen molar-refractivity contribution in [2.24, 2.45) is 5.92 Å². The van der Waals surface area contributed by atoms with Gasteiger partial charge in [-0.25, -0.2) is 0 Å². The number of para-hydroxylation sites is 1.